The van der Waals surface area contributed by atoms with Crippen LogP contribution in [0.25, 0.3) is 10.9 Å². The Labute approximate surface area is 79.3 Å². The van der Waals surface area contributed by atoms with Gasteiger partial charge in [0.1, 0.15) is 0 Å². The number of aromatic nitrogens is 2. The Morgan fingerprint density at radius 3 is 2.92 bits per heavy atom. The van der Waals surface area contributed by atoms with Gasteiger partial charge in [-0.3, -0.25) is 4.68 Å². The Hall–Kier alpha value is -0.830. The predicted molar refractivity (Wildman–Crippen MR) is 53.2 cm³/mol. The van der Waals surface area contributed by atoms with Crippen LogP contribution in [-0.2, 0) is 7.05 Å². The van der Waals surface area contributed by atoms with E-state index in [1.807, 2.05) is 17.9 Å². The van der Waals surface area contributed by atoms with E-state index in [2.05, 4.69) is 40.1 Å². The fourth-order valence-electron chi connectivity index (χ4n) is 1.33. The number of hydrogen-bond acceptors (Lipinski definition) is 1. The Bertz CT molecular complexity index is 431. The van der Waals surface area contributed by atoms with Gasteiger partial charge in [0.2, 0.25) is 0 Å². The van der Waals surface area contributed by atoms with Gasteiger partial charge >= 0.3 is 0 Å². The van der Waals surface area contributed by atoms with Crippen LogP contribution in [0.1, 0.15) is 5.56 Å². The lowest BCUT2D eigenvalue weighted by Crippen LogP contribution is -1.84. The monoisotopic (exact) mass is 224 g/mol. The molecule has 0 amide bonds. The van der Waals surface area contributed by atoms with Gasteiger partial charge in [-0.1, -0.05) is 15.9 Å². The highest BCUT2D eigenvalue weighted by atomic mass is 79.9. The summed E-state index contributed by atoms with van der Waals surface area (Å²) >= 11 is 3.51. The van der Waals surface area contributed by atoms with Crippen molar-refractivity contribution in [1.82, 2.24) is 9.78 Å². The second kappa shape index (κ2) is 2.59. The number of fused-ring (bicyclic) bond motifs is 1. The van der Waals surface area contributed by atoms with Crippen molar-refractivity contribution in [3.05, 3.63) is 28.4 Å². The molecule has 2 aromatic rings. The van der Waals surface area contributed by atoms with Gasteiger partial charge in [0.05, 0.1) is 5.52 Å². The average Bonchev–Trinajstić information content (AvgIpc) is 2.29. The number of benzene rings is 1. The summed E-state index contributed by atoms with van der Waals surface area (Å²) in [6, 6.07) is 4.18. The third-order valence-electron chi connectivity index (χ3n) is 1.83. The van der Waals surface area contributed by atoms with E-state index in [9.17, 15) is 0 Å². The van der Waals surface area contributed by atoms with Gasteiger partial charge in [0, 0.05) is 23.1 Å². The summed E-state index contributed by atoms with van der Waals surface area (Å²) in [5, 5.41) is 5.49. The molecule has 0 fully saturated rings. The highest BCUT2D eigenvalue weighted by Gasteiger charge is 2.02. The van der Waals surface area contributed by atoms with Crippen LogP contribution >= 0.6 is 15.9 Å². The lowest BCUT2D eigenvalue weighted by molar-refractivity contribution is 0.779. The van der Waals surface area contributed by atoms with Crippen molar-refractivity contribution in [1.29, 1.82) is 0 Å². The number of nitrogens with zero attached hydrogens (tertiary/aromatic N) is 2. The maximum Gasteiger partial charge on any atom is 0.0937 e. The molecule has 1 aromatic carbocycles. The Morgan fingerprint density at radius 1 is 1.42 bits per heavy atom. The molecule has 0 unspecified atom stereocenters. The number of hydrogen-bond donors (Lipinski definition) is 0. The molecule has 0 radical (unpaired) electrons. The largest absolute Gasteiger partial charge is 0.275 e. The standard InChI is InChI=1S/C9H9BrN2/c1-6-3-8(10)7-5-12(2)11-9(7)4-6/h3-5H,1-2H3. The molecule has 1 heterocycles. The Kier molecular flexibility index (Phi) is 1.68. The van der Waals surface area contributed by atoms with Crippen molar-refractivity contribution < 1.29 is 0 Å². The molecule has 1 aromatic heterocycles. The Balaban J connectivity index is 2.88. The van der Waals surface area contributed by atoms with E-state index in [0.717, 1.165) is 9.99 Å². The molecule has 0 atom stereocenters. The molecule has 0 aliphatic carbocycles. The number of aryl methyl sites for hydroxylation is 2. The third-order valence-corrected chi connectivity index (χ3v) is 2.49. The van der Waals surface area contributed by atoms with E-state index in [0.29, 0.717) is 0 Å². The first-order valence-corrected chi connectivity index (χ1v) is 4.55. The molecule has 3 heteroatoms. The van der Waals surface area contributed by atoms with Crippen LogP contribution in [0.5, 0.6) is 0 Å². The van der Waals surface area contributed by atoms with E-state index in [1.165, 1.54) is 10.9 Å². The normalized spacial score (nSPS) is 10.9. The zero-order valence-corrected chi connectivity index (χ0v) is 8.59. The molecule has 0 aliphatic heterocycles. The van der Waals surface area contributed by atoms with Crippen LogP contribution in [0.3, 0.4) is 0 Å². The van der Waals surface area contributed by atoms with Gasteiger partial charge < -0.3 is 0 Å². The molecule has 0 bridgehead atoms. The Morgan fingerprint density at radius 2 is 2.17 bits per heavy atom. The molecular formula is C9H9BrN2. The summed E-state index contributed by atoms with van der Waals surface area (Å²) in [4.78, 5) is 0. The van der Waals surface area contributed by atoms with E-state index in [1.54, 1.807) is 0 Å². The van der Waals surface area contributed by atoms with E-state index in [4.69, 9.17) is 0 Å². The van der Waals surface area contributed by atoms with Crippen molar-refractivity contribution in [3.63, 3.8) is 0 Å². The van der Waals surface area contributed by atoms with Crippen molar-refractivity contribution in [2.75, 3.05) is 0 Å². The van der Waals surface area contributed by atoms with Crippen molar-refractivity contribution in [2.45, 2.75) is 6.92 Å². The molecule has 0 saturated heterocycles. The maximum atomic E-state index is 4.32. The van der Waals surface area contributed by atoms with Crippen molar-refractivity contribution in [3.8, 4) is 0 Å². The van der Waals surface area contributed by atoms with Gasteiger partial charge in [-0.2, -0.15) is 5.10 Å². The van der Waals surface area contributed by atoms with Crippen LogP contribution in [-0.4, -0.2) is 9.78 Å². The minimum atomic E-state index is 1.05. The zero-order chi connectivity index (χ0) is 8.72. The van der Waals surface area contributed by atoms with Crippen molar-refractivity contribution in [2.24, 2.45) is 7.05 Å². The fourth-order valence-corrected chi connectivity index (χ4v) is 2.00. The molecule has 2 nitrogen and oxygen atoms in total. The summed E-state index contributed by atoms with van der Waals surface area (Å²) in [5.41, 5.74) is 2.28. The highest BCUT2D eigenvalue weighted by Crippen LogP contribution is 2.24. The van der Waals surface area contributed by atoms with Crippen LogP contribution in [0, 0.1) is 6.92 Å². The van der Waals surface area contributed by atoms with Crippen LogP contribution < -0.4 is 0 Å². The first-order chi connectivity index (χ1) is 5.66. The number of rotatable bonds is 0. The van der Waals surface area contributed by atoms with Gasteiger partial charge in [-0.05, 0) is 24.6 Å². The summed E-state index contributed by atoms with van der Waals surface area (Å²) in [7, 11) is 1.93. The smallest absolute Gasteiger partial charge is 0.0937 e. The lowest BCUT2D eigenvalue weighted by Gasteiger charge is -1.94. The second-order valence-corrected chi connectivity index (χ2v) is 3.84. The minimum Gasteiger partial charge on any atom is -0.275 e. The molecule has 0 spiro atoms. The molecule has 2 rings (SSSR count). The zero-order valence-electron chi connectivity index (χ0n) is 7.00. The molecular weight excluding hydrogens is 216 g/mol. The molecule has 0 N–H and O–H groups in total. The lowest BCUT2D eigenvalue weighted by atomic mass is 10.2. The van der Waals surface area contributed by atoms with Gasteiger partial charge in [0.15, 0.2) is 0 Å². The summed E-state index contributed by atoms with van der Waals surface area (Å²) in [5.74, 6) is 0. The maximum absolute atomic E-state index is 4.32. The van der Waals surface area contributed by atoms with E-state index in [-0.39, 0.29) is 0 Å². The quantitative estimate of drug-likeness (QED) is 0.673. The third kappa shape index (κ3) is 1.14. The van der Waals surface area contributed by atoms with E-state index >= 15 is 0 Å². The van der Waals surface area contributed by atoms with Crippen molar-refractivity contribution >= 4 is 26.8 Å². The average molecular weight is 225 g/mol. The first kappa shape index (κ1) is 7.80. The molecule has 62 valence electrons. The van der Waals surface area contributed by atoms with E-state index < -0.39 is 0 Å². The highest BCUT2D eigenvalue weighted by molar-refractivity contribution is 9.10. The van der Waals surface area contributed by atoms with Gasteiger partial charge in [-0.25, -0.2) is 0 Å². The van der Waals surface area contributed by atoms with Gasteiger partial charge in [0.25, 0.3) is 0 Å². The topological polar surface area (TPSA) is 17.8 Å². The molecule has 12 heavy (non-hydrogen) atoms. The van der Waals surface area contributed by atoms with Crippen LogP contribution in [0.4, 0.5) is 0 Å². The van der Waals surface area contributed by atoms with Crippen LogP contribution in [0.15, 0.2) is 22.8 Å². The fraction of sp³-hybridized carbons (Fsp3) is 0.222. The summed E-state index contributed by atoms with van der Waals surface area (Å²) in [6.45, 7) is 2.07. The number of halogens is 1. The molecule has 0 aliphatic rings. The minimum absolute atomic E-state index is 1.05. The van der Waals surface area contributed by atoms with Gasteiger partial charge in [-0.15, -0.1) is 0 Å². The second-order valence-electron chi connectivity index (χ2n) is 2.98. The SMILES string of the molecule is Cc1cc(Br)c2cn(C)nc2c1. The predicted octanol–water partition coefficient (Wildman–Crippen LogP) is 2.64. The first-order valence-electron chi connectivity index (χ1n) is 3.76. The molecule has 0 saturated carbocycles. The van der Waals surface area contributed by atoms with Crippen LogP contribution in [0.2, 0.25) is 0 Å². The summed E-state index contributed by atoms with van der Waals surface area (Å²) in [6.07, 6.45) is 2.01. The summed E-state index contributed by atoms with van der Waals surface area (Å²) < 4.78 is 2.94.